The molecule has 1 aromatic heterocycles. The van der Waals surface area contributed by atoms with E-state index in [0.717, 1.165) is 31.5 Å². The molecule has 90 valence electrons. The van der Waals surface area contributed by atoms with E-state index in [1.807, 2.05) is 31.2 Å². The van der Waals surface area contributed by atoms with Crippen molar-refractivity contribution in [1.82, 2.24) is 9.55 Å². The summed E-state index contributed by atoms with van der Waals surface area (Å²) in [7, 11) is 0. The number of halogens is 2. The Labute approximate surface area is 122 Å². The highest BCUT2D eigenvalue weighted by molar-refractivity contribution is 9.11. The van der Waals surface area contributed by atoms with Crippen LogP contribution in [0.1, 0.15) is 5.82 Å². The van der Waals surface area contributed by atoms with Gasteiger partial charge in [-0.15, -0.1) is 0 Å². The lowest BCUT2D eigenvalue weighted by Crippen LogP contribution is -1.96. The largest absolute Gasteiger partial charge is 0.296 e. The van der Waals surface area contributed by atoms with E-state index in [-0.39, 0.29) is 0 Å². The Kier molecular flexibility index (Phi) is 2.99. The number of nitrogens with zero attached hydrogens (tertiary/aromatic N) is 2. The number of hydrogen-bond donors (Lipinski definition) is 0. The quantitative estimate of drug-likeness (QED) is 0.602. The van der Waals surface area contributed by atoms with Crippen LogP contribution in [-0.2, 0) is 0 Å². The van der Waals surface area contributed by atoms with Crippen LogP contribution in [0.5, 0.6) is 0 Å². The molecule has 4 heteroatoms. The van der Waals surface area contributed by atoms with Crippen molar-refractivity contribution >= 4 is 42.9 Å². The highest BCUT2D eigenvalue weighted by atomic mass is 79.9. The normalized spacial score (nSPS) is 11.1. The molecular weight excluding hydrogens is 356 g/mol. The van der Waals surface area contributed by atoms with E-state index in [2.05, 4.69) is 59.6 Å². The minimum atomic E-state index is 0.981. The monoisotopic (exact) mass is 364 g/mol. The van der Waals surface area contributed by atoms with E-state index in [4.69, 9.17) is 0 Å². The van der Waals surface area contributed by atoms with Gasteiger partial charge in [-0.25, -0.2) is 4.98 Å². The van der Waals surface area contributed by atoms with E-state index in [0.29, 0.717) is 0 Å². The van der Waals surface area contributed by atoms with E-state index < -0.39 is 0 Å². The van der Waals surface area contributed by atoms with Crippen LogP contribution in [0.3, 0.4) is 0 Å². The lowest BCUT2D eigenvalue weighted by Gasteiger charge is -2.06. The average Bonchev–Trinajstić information content (AvgIpc) is 2.67. The molecule has 0 N–H and O–H groups in total. The van der Waals surface area contributed by atoms with Crippen molar-refractivity contribution in [2.24, 2.45) is 0 Å². The SMILES string of the molecule is Cc1nc2c(Br)cc(Br)cc2n1-c1ccccc1. The summed E-state index contributed by atoms with van der Waals surface area (Å²) in [6, 6.07) is 14.4. The maximum atomic E-state index is 4.63. The first-order chi connectivity index (χ1) is 8.66. The number of aromatic nitrogens is 2. The molecule has 0 bridgehead atoms. The average molecular weight is 366 g/mol. The predicted molar refractivity (Wildman–Crippen MR) is 81.2 cm³/mol. The van der Waals surface area contributed by atoms with Gasteiger partial charge >= 0.3 is 0 Å². The molecule has 0 unspecified atom stereocenters. The lowest BCUT2D eigenvalue weighted by atomic mass is 10.3. The Morgan fingerprint density at radius 2 is 1.78 bits per heavy atom. The van der Waals surface area contributed by atoms with Gasteiger partial charge in [0, 0.05) is 14.6 Å². The molecule has 3 rings (SSSR count). The summed E-state index contributed by atoms with van der Waals surface area (Å²) in [6.45, 7) is 2.02. The number of fused-ring (bicyclic) bond motifs is 1. The van der Waals surface area contributed by atoms with E-state index >= 15 is 0 Å². The van der Waals surface area contributed by atoms with Crippen molar-refractivity contribution in [2.45, 2.75) is 6.92 Å². The first-order valence-electron chi connectivity index (χ1n) is 5.56. The fraction of sp³-hybridized carbons (Fsp3) is 0.0714. The third kappa shape index (κ3) is 1.89. The van der Waals surface area contributed by atoms with Gasteiger partial charge in [-0.2, -0.15) is 0 Å². The van der Waals surface area contributed by atoms with Gasteiger partial charge in [-0.3, -0.25) is 4.57 Å². The zero-order chi connectivity index (χ0) is 12.7. The second-order valence-corrected chi connectivity index (χ2v) is 5.86. The molecule has 0 fully saturated rings. The van der Waals surface area contributed by atoms with Crippen LogP contribution in [0.2, 0.25) is 0 Å². The van der Waals surface area contributed by atoms with Crippen molar-refractivity contribution in [1.29, 1.82) is 0 Å². The van der Waals surface area contributed by atoms with E-state index in [1.54, 1.807) is 0 Å². The molecule has 2 aromatic carbocycles. The minimum absolute atomic E-state index is 0.981. The molecule has 1 heterocycles. The summed E-state index contributed by atoms with van der Waals surface area (Å²) >= 11 is 7.09. The van der Waals surface area contributed by atoms with Crippen molar-refractivity contribution in [3.05, 3.63) is 57.2 Å². The summed E-state index contributed by atoms with van der Waals surface area (Å²) in [5, 5.41) is 0. The van der Waals surface area contributed by atoms with Crippen molar-refractivity contribution in [3.63, 3.8) is 0 Å². The van der Waals surface area contributed by atoms with Crippen LogP contribution in [-0.4, -0.2) is 9.55 Å². The Balaban J connectivity index is 2.39. The highest BCUT2D eigenvalue weighted by Crippen LogP contribution is 2.30. The number of imidazole rings is 1. The van der Waals surface area contributed by atoms with Gasteiger partial charge < -0.3 is 0 Å². The topological polar surface area (TPSA) is 17.8 Å². The standard InChI is InChI=1S/C14H10Br2N2/c1-9-17-14-12(16)7-10(15)8-13(14)18(9)11-5-3-2-4-6-11/h2-8H,1H3. The van der Waals surface area contributed by atoms with Gasteiger partial charge in [0.1, 0.15) is 11.3 Å². The van der Waals surface area contributed by atoms with E-state index in [9.17, 15) is 0 Å². The Bertz CT molecular complexity index is 717. The number of benzene rings is 2. The summed E-state index contributed by atoms with van der Waals surface area (Å²) in [6.07, 6.45) is 0. The molecule has 0 aliphatic carbocycles. The van der Waals surface area contributed by atoms with Crippen LogP contribution in [0.4, 0.5) is 0 Å². The van der Waals surface area contributed by atoms with E-state index in [1.165, 1.54) is 0 Å². The number of aryl methyl sites for hydroxylation is 1. The maximum Gasteiger partial charge on any atom is 0.111 e. The van der Waals surface area contributed by atoms with Gasteiger partial charge in [-0.1, -0.05) is 34.1 Å². The molecule has 3 aromatic rings. The Hall–Kier alpha value is -1.13. The smallest absolute Gasteiger partial charge is 0.111 e. The van der Waals surface area contributed by atoms with Gasteiger partial charge in [0.25, 0.3) is 0 Å². The van der Waals surface area contributed by atoms with Crippen LogP contribution in [0.25, 0.3) is 16.7 Å². The maximum absolute atomic E-state index is 4.63. The fourth-order valence-corrected chi connectivity index (χ4v) is 3.41. The van der Waals surface area contributed by atoms with Crippen molar-refractivity contribution in [3.8, 4) is 5.69 Å². The summed E-state index contributed by atoms with van der Waals surface area (Å²) in [4.78, 5) is 4.63. The molecule has 0 amide bonds. The molecule has 0 radical (unpaired) electrons. The van der Waals surface area contributed by atoms with Crippen LogP contribution < -0.4 is 0 Å². The fourth-order valence-electron chi connectivity index (χ4n) is 2.12. The van der Waals surface area contributed by atoms with Crippen LogP contribution in [0, 0.1) is 6.92 Å². The first-order valence-corrected chi connectivity index (χ1v) is 7.15. The summed E-state index contributed by atoms with van der Waals surface area (Å²) < 4.78 is 4.20. The zero-order valence-electron chi connectivity index (χ0n) is 9.69. The number of hydrogen-bond acceptors (Lipinski definition) is 1. The minimum Gasteiger partial charge on any atom is -0.296 e. The summed E-state index contributed by atoms with van der Waals surface area (Å²) in [5.41, 5.74) is 3.21. The first kappa shape index (κ1) is 11.9. The van der Waals surface area contributed by atoms with Crippen LogP contribution in [0.15, 0.2) is 51.4 Å². The van der Waals surface area contributed by atoms with Gasteiger partial charge in [-0.05, 0) is 47.1 Å². The molecule has 18 heavy (non-hydrogen) atoms. The Morgan fingerprint density at radius 3 is 2.50 bits per heavy atom. The predicted octanol–water partition coefficient (Wildman–Crippen LogP) is 4.86. The lowest BCUT2D eigenvalue weighted by molar-refractivity contribution is 1.00. The highest BCUT2D eigenvalue weighted by Gasteiger charge is 2.12. The molecule has 2 nitrogen and oxygen atoms in total. The zero-order valence-corrected chi connectivity index (χ0v) is 12.9. The third-order valence-corrected chi connectivity index (χ3v) is 3.92. The van der Waals surface area contributed by atoms with Gasteiger partial charge in [0.2, 0.25) is 0 Å². The molecule has 0 spiro atoms. The number of rotatable bonds is 1. The van der Waals surface area contributed by atoms with Crippen molar-refractivity contribution in [2.75, 3.05) is 0 Å². The van der Waals surface area contributed by atoms with Gasteiger partial charge in [0.15, 0.2) is 0 Å². The molecule has 0 saturated carbocycles. The second-order valence-electron chi connectivity index (χ2n) is 4.09. The van der Waals surface area contributed by atoms with Gasteiger partial charge in [0.05, 0.1) is 5.52 Å². The van der Waals surface area contributed by atoms with Crippen LogP contribution >= 0.6 is 31.9 Å². The molecule has 0 aliphatic rings. The van der Waals surface area contributed by atoms with Crippen molar-refractivity contribution < 1.29 is 0 Å². The second kappa shape index (κ2) is 4.52. The number of para-hydroxylation sites is 1. The summed E-state index contributed by atoms with van der Waals surface area (Å²) in [5.74, 6) is 0.981. The molecule has 0 aliphatic heterocycles. The molecule has 0 atom stereocenters. The molecular formula is C14H10Br2N2. The third-order valence-electron chi connectivity index (χ3n) is 2.86. The molecule has 0 saturated heterocycles. The Morgan fingerprint density at radius 1 is 1.06 bits per heavy atom.